The first kappa shape index (κ1) is 25.3. The number of nitro benzene ring substituents is 1. The fourth-order valence-corrected chi connectivity index (χ4v) is 4.75. The number of nitro groups is 1. The van der Waals surface area contributed by atoms with E-state index in [1.807, 2.05) is 0 Å². The number of amides is 1. The molecule has 8 nitrogen and oxygen atoms in total. The standard InChI is InChI=1S/C26H16ClF2N5O3S/c27-16-6-8-19(9-7-16)38-20-11-17(10-18(12-20)34(36)37)31-26(35)21-14-30-33-23(24(28)29)13-22(32-25(21)33)15-4-2-1-3-5-15/h1-14,24H,(H,31,35). The van der Waals surface area contributed by atoms with Gasteiger partial charge in [-0.05, 0) is 36.4 Å². The summed E-state index contributed by atoms with van der Waals surface area (Å²) in [6.07, 6.45) is -1.73. The molecule has 2 heterocycles. The second-order valence-electron chi connectivity index (χ2n) is 8.01. The minimum Gasteiger partial charge on any atom is -0.322 e. The predicted octanol–water partition coefficient (Wildman–Crippen LogP) is 7.30. The SMILES string of the molecule is O=C(Nc1cc(Sc2ccc(Cl)cc2)cc([N+](=O)[O-])c1)c1cnn2c(C(F)F)cc(-c3ccccc3)nc12. The van der Waals surface area contributed by atoms with Crippen LogP contribution >= 0.6 is 23.4 Å². The molecular formula is C26H16ClF2N5O3S. The molecule has 0 saturated carbocycles. The third kappa shape index (κ3) is 5.34. The number of halogens is 3. The second kappa shape index (κ2) is 10.6. The average Bonchev–Trinajstić information content (AvgIpc) is 3.34. The van der Waals surface area contributed by atoms with Gasteiger partial charge in [-0.1, -0.05) is 53.7 Å². The van der Waals surface area contributed by atoms with E-state index in [2.05, 4.69) is 15.4 Å². The van der Waals surface area contributed by atoms with E-state index >= 15 is 0 Å². The van der Waals surface area contributed by atoms with E-state index in [9.17, 15) is 23.7 Å². The molecule has 0 aliphatic rings. The maximum Gasteiger partial charge on any atom is 0.280 e. The van der Waals surface area contributed by atoms with E-state index < -0.39 is 22.9 Å². The van der Waals surface area contributed by atoms with Gasteiger partial charge < -0.3 is 5.32 Å². The van der Waals surface area contributed by atoms with Crippen LogP contribution in [0.25, 0.3) is 16.9 Å². The molecule has 12 heteroatoms. The molecule has 5 rings (SSSR count). The molecule has 0 aliphatic carbocycles. The van der Waals surface area contributed by atoms with Gasteiger partial charge in [0.05, 0.1) is 16.8 Å². The Labute approximate surface area is 223 Å². The number of alkyl halides is 2. The summed E-state index contributed by atoms with van der Waals surface area (Å²) in [5.74, 6) is -0.708. The fraction of sp³-hybridized carbons (Fsp3) is 0.0385. The molecule has 3 aromatic carbocycles. The van der Waals surface area contributed by atoms with Crippen LogP contribution in [0.15, 0.2) is 94.9 Å². The number of hydrogen-bond donors (Lipinski definition) is 1. The van der Waals surface area contributed by atoms with Gasteiger partial charge in [-0.25, -0.2) is 18.3 Å². The van der Waals surface area contributed by atoms with Gasteiger partial charge in [0.25, 0.3) is 18.0 Å². The van der Waals surface area contributed by atoms with Crippen molar-refractivity contribution >= 4 is 46.3 Å². The molecule has 0 radical (unpaired) electrons. The quantitative estimate of drug-likeness (QED) is 0.168. The number of rotatable bonds is 7. The lowest BCUT2D eigenvalue weighted by molar-refractivity contribution is -0.385. The van der Waals surface area contributed by atoms with E-state index in [1.54, 1.807) is 60.7 Å². The Kier molecular flexibility index (Phi) is 7.03. The number of nitrogens with one attached hydrogen (secondary N) is 1. The number of benzene rings is 3. The number of fused-ring (bicyclic) bond motifs is 1. The molecule has 2 aromatic heterocycles. The maximum absolute atomic E-state index is 13.9. The van der Waals surface area contributed by atoms with Crippen molar-refractivity contribution in [3.63, 3.8) is 0 Å². The minimum absolute atomic E-state index is 0.0666. The molecule has 0 unspecified atom stereocenters. The fourth-order valence-electron chi connectivity index (χ4n) is 3.72. The van der Waals surface area contributed by atoms with Gasteiger partial charge in [-0.2, -0.15) is 5.10 Å². The van der Waals surface area contributed by atoms with Gasteiger partial charge in [0.2, 0.25) is 0 Å². The summed E-state index contributed by atoms with van der Waals surface area (Å²) in [5, 5.41) is 18.7. The molecule has 0 atom stereocenters. The Bertz CT molecular complexity index is 1660. The number of aromatic nitrogens is 3. The molecule has 0 bridgehead atoms. The average molecular weight is 552 g/mol. The van der Waals surface area contributed by atoms with Crippen molar-refractivity contribution in [1.82, 2.24) is 14.6 Å². The van der Waals surface area contributed by atoms with E-state index in [0.29, 0.717) is 15.5 Å². The minimum atomic E-state index is -2.87. The summed E-state index contributed by atoms with van der Waals surface area (Å²) in [6, 6.07) is 21.0. The van der Waals surface area contributed by atoms with Crippen LogP contribution < -0.4 is 5.32 Å². The van der Waals surface area contributed by atoms with Crippen LogP contribution in [0, 0.1) is 10.1 Å². The first-order chi connectivity index (χ1) is 18.3. The van der Waals surface area contributed by atoms with Gasteiger partial charge in [-0.3, -0.25) is 14.9 Å². The van der Waals surface area contributed by atoms with E-state index in [1.165, 1.54) is 30.0 Å². The lowest BCUT2D eigenvalue weighted by atomic mass is 10.1. The molecule has 1 N–H and O–H groups in total. The molecular weight excluding hydrogens is 536 g/mol. The third-order valence-corrected chi connectivity index (χ3v) is 6.68. The number of anilines is 1. The highest BCUT2D eigenvalue weighted by Gasteiger charge is 2.22. The first-order valence-electron chi connectivity index (χ1n) is 11.0. The van der Waals surface area contributed by atoms with Gasteiger partial charge in [-0.15, -0.1) is 0 Å². The largest absolute Gasteiger partial charge is 0.322 e. The normalized spacial score (nSPS) is 11.2. The molecule has 0 saturated heterocycles. The van der Waals surface area contributed by atoms with E-state index in [4.69, 9.17) is 11.6 Å². The second-order valence-corrected chi connectivity index (χ2v) is 9.59. The zero-order chi connectivity index (χ0) is 26.8. The van der Waals surface area contributed by atoms with Gasteiger partial charge in [0.15, 0.2) is 5.65 Å². The van der Waals surface area contributed by atoms with Crippen molar-refractivity contribution in [3.8, 4) is 11.3 Å². The Morgan fingerprint density at radius 2 is 1.76 bits per heavy atom. The predicted molar refractivity (Wildman–Crippen MR) is 140 cm³/mol. The number of carbonyl (C=O) groups is 1. The van der Waals surface area contributed by atoms with Crippen molar-refractivity contribution in [2.75, 3.05) is 5.32 Å². The van der Waals surface area contributed by atoms with Crippen LogP contribution in [-0.2, 0) is 0 Å². The summed E-state index contributed by atoms with van der Waals surface area (Å²) in [4.78, 5) is 29.9. The van der Waals surface area contributed by atoms with Crippen LogP contribution in [0.3, 0.4) is 0 Å². The molecule has 5 aromatic rings. The van der Waals surface area contributed by atoms with Crippen molar-refractivity contribution < 1.29 is 18.5 Å². The number of carbonyl (C=O) groups excluding carboxylic acids is 1. The van der Waals surface area contributed by atoms with E-state index in [0.717, 1.165) is 15.6 Å². The molecule has 38 heavy (non-hydrogen) atoms. The topological polar surface area (TPSA) is 102 Å². The first-order valence-corrected chi connectivity index (χ1v) is 12.2. The number of nitrogens with zero attached hydrogens (tertiary/aromatic N) is 4. The summed E-state index contributed by atoms with van der Waals surface area (Å²) in [5.41, 5.74) is 0.192. The third-order valence-electron chi connectivity index (χ3n) is 5.45. The maximum atomic E-state index is 13.9. The van der Waals surface area contributed by atoms with Crippen molar-refractivity contribution in [2.45, 2.75) is 16.2 Å². The summed E-state index contributed by atoms with van der Waals surface area (Å²) < 4.78 is 28.6. The Morgan fingerprint density at radius 1 is 1.03 bits per heavy atom. The zero-order valence-electron chi connectivity index (χ0n) is 19.2. The lowest BCUT2D eigenvalue weighted by Gasteiger charge is -2.10. The molecule has 0 aliphatic heterocycles. The van der Waals surface area contributed by atoms with Crippen LogP contribution in [0.5, 0.6) is 0 Å². The summed E-state index contributed by atoms with van der Waals surface area (Å²) in [7, 11) is 0. The molecule has 0 fully saturated rings. The van der Waals surface area contributed by atoms with Crippen molar-refractivity contribution in [1.29, 1.82) is 0 Å². The molecule has 0 spiro atoms. The molecule has 1 amide bonds. The summed E-state index contributed by atoms with van der Waals surface area (Å²) in [6.45, 7) is 0. The highest BCUT2D eigenvalue weighted by atomic mass is 35.5. The Hall–Kier alpha value is -4.35. The lowest BCUT2D eigenvalue weighted by Crippen LogP contribution is -2.13. The Morgan fingerprint density at radius 3 is 2.45 bits per heavy atom. The van der Waals surface area contributed by atoms with Crippen LogP contribution in [-0.4, -0.2) is 25.4 Å². The zero-order valence-corrected chi connectivity index (χ0v) is 20.8. The Balaban J connectivity index is 1.51. The number of non-ortho nitro benzene ring substituents is 1. The highest BCUT2D eigenvalue weighted by molar-refractivity contribution is 7.99. The molecule has 190 valence electrons. The summed E-state index contributed by atoms with van der Waals surface area (Å²) >= 11 is 7.17. The monoisotopic (exact) mass is 551 g/mol. The van der Waals surface area contributed by atoms with E-state index in [-0.39, 0.29) is 28.3 Å². The van der Waals surface area contributed by atoms with Gasteiger partial charge in [0, 0.05) is 38.2 Å². The smallest absolute Gasteiger partial charge is 0.280 e. The van der Waals surface area contributed by atoms with Crippen LogP contribution in [0.1, 0.15) is 22.5 Å². The number of hydrogen-bond acceptors (Lipinski definition) is 6. The van der Waals surface area contributed by atoms with Crippen molar-refractivity contribution in [2.24, 2.45) is 0 Å². The van der Waals surface area contributed by atoms with Gasteiger partial charge >= 0.3 is 0 Å². The van der Waals surface area contributed by atoms with Crippen LogP contribution in [0.2, 0.25) is 5.02 Å². The highest BCUT2D eigenvalue weighted by Crippen LogP contribution is 2.34. The van der Waals surface area contributed by atoms with Crippen molar-refractivity contribution in [3.05, 3.63) is 111 Å². The van der Waals surface area contributed by atoms with Crippen LogP contribution in [0.4, 0.5) is 20.2 Å². The van der Waals surface area contributed by atoms with Gasteiger partial charge in [0.1, 0.15) is 11.3 Å².